The van der Waals surface area contributed by atoms with Gasteiger partial charge in [0, 0.05) is 23.9 Å². The number of rotatable bonds is 10. The van der Waals surface area contributed by atoms with Gasteiger partial charge in [0.1, 0.15) is 6.04 Å². The van der Waals surface area contributed by atoms with Crippen molar-refractivity contribution in [3.05, 3.63) is 70.7 Å². The van der Waals surface area contributed by atoms with Crippen LogP contribution in [-0.2, 0) is 21.8 Å². The minimum Gasteiger partial charge on any atom is -0.355 e. The molecule has 0 radical (unpaired) electrons. The van der Waals surface area contributed by atoms with Crippen LogP contribution in [0.4, 0.5) is 0 Å². The average Bonchev–Trinajstić information content (AvgIpc) is 2.70. The largest absolute Gasteiger partial charge is 0.355 e. The van der Waals surface area contributed by atoms with Gasteiger partial charge in [0.15, 0.2) is 0 Å². The number of benzene rings is 2. The molecule has 0 saturated heterocycles. The van der Waals surface area contributed by atoms with E-state index in [1.54, 1.807) is 23.6 Å². The van der Waals surface area contributed by atoms with Crippen molar-refractivity contribution < 1.29 is 9.59 Å². The second kappa shape index (κ2) is 11.8. The van der Waals surface area contributed by atoms with E-state index in [1.807, 2.05) is 61.5 Å². The van der Waals surface area contributed by atoms with Crippen molar-refractivity contribution in [1.29, 1.82) is 0 Å². The van der Waals surface area contributed by atoms with Crippen LogP contribution < -0.4 is 5.32 Å². The summed E-state index contributed by atoms with van der Waals surface area (Å²) < 4.78 is 0. The summed E-state index contributed by atoms with van der Waals surface area (Å²) in [6.45, 7) is 4.73. The van der Waals surface area contributed by atoms with E-state index in [2.05, 4.69) is 5.32 Å². The molecule has 2 aromatic carbocycles. The molecule has 0 heterocycles. The van der Waals surface area contributed by atoms with E-state index in [9.17, 15) is 9.59 Å². The summed E-state index contributed by atoms with van der Waals surface area (Å²) in [5, 5.41) is 3.52. The van der Waals surface area contributed by atoms with Gasteiger partial charge in [-0.25, -0.2) is 0 Å². The van der Waals surface area contributed by atoms with Gasteiger partial charge in [-0.15, -0.1) is 11.8 Å². The maximum atomic E-state index is 12.9. The number of amides is 2. The standard InChI is InChI=1S/C22H27ClN2O2S/c1-3-24-22(27)17(2)25(14-13-18-7-5-4-6-8-18)21(26)16-28-15-19-9-11-20(23)12-10-19/h4-12,17H,3,13-16H2,1-2H3,(H,24,27)/t17-/m0/s1. The highest BCUT2D eigenvalue weighted by atomic mass is 35.5. The first-order valence-corrected chi connectivity index (χ1v) is 11.0. The Morgan fingerprint density at radius 3 is 2.39 bits per heavy atom. The molecule has 4 nitrogen and oxygen atoms in total. The lowest BCUT2D eigenvalue weighted by Gasteiger charge is -2.28. The van der Waals surface area contributed by atoms with Gasteiger partial charge in [0.25, 0.3) is 0 Å². The van der Waals surface area contributed by atoms with Crippen LogP contribution in [0.15, 0.2) is 54.6 Å². The molecule has 2 aromatic rings. The van der Waals surface area contributed by atoms with Crippen molar-refractivity contribution in [2.45, 2.75) is 32.1 Å². The molecule has 1 atom stereocenters. The van der Waals surface area contributed by atoms with Gasteiger partial charge in [-0.1, -0.05) is 54.1 Å². The van der Waals surface area contributed by atoms with Crippen molar-refractivity contribution in [1.82, 2.24) is 10.2 Å². The van der Waals surface area contributed by atoms with Crippen LogP contribution in [0, 0.1) is 0 Å². The summed E-state index contributed by atoms with van der Waals surface area (Å²) in [7, 11) is 0. The van der Waals surface area contributed by atoms with Crippen molar-refractivity contribution >= 4 is 35.2 Å². The van der Waals surface area contributed by atoms with Crippen LogP contribution in [-0.4, -0.2) is 41.6 Å². The summed E-state index contributed by atoms with van der Waals surface area (Å²) in [6, 6.07) is 17.1. The van der Waals surface area contributed by atoms with E-state index < -0.39 is 6.04 Å². The summed E-state index contributed by atoms with van der Waals surface area (Å²) in [6.07, 6.45) is 0.720. The summed E-state index contributed by atoms with van der Waals surface area (Å²) in [4.78, 5) is 26.9. The Labute approximate surface area is 176 Å². The van der Waals surface area contributed by atoms with Gasteiger partial charge in [0.2, 0.25) is 11.8 Å². The van der Waals surface area contributed by atoms with Crippen molar-refractivity contribution in [3.63, 3.8) is 0 Å². The second-order valence-corrected chi connectivity index (χ2v) is 7.93. The number of hydrogen-bond acceptors (Lipinski definition) is 3. The van der Waals surface area contributed by atoms with Crippen LogP contribution in [0.1, 0.15) is 25.0 Å². The fourth-order valence-corrected chi connectivity index (χ4v) is 3.81. The zero-order chi connectivity index (χ0) is 20.4. The number of hydrogen-bond donors (Lipinski definition) is 1. The van der Waals surface area contributed by atoms with Crippen LogP contribution in [0.25, 0.3) is 0 Å². The molecular weight excluding hydrogens is 392 g/mol. The van der Waals surface area contributed by atoms with Gasteiger partial charge < -0.3 is 10.2 Å². The highest BCUT2D eigenvalue weighted by Crippen LogP contribution is 2.17. The minimum atomic E-state index is -0.493. The van der Waals surface area contributed by atoms with Crippen LogP contribution >= 0.6 is 23.4 Å². The van der Waals surface area contributed by atoms with E-state index in [4.69, 9.17) is 11.6 Å². The zero-order valence-electron chi connectivity index (χ0n) is 16.4. The molecule has 0 saturated carbocycles. The number of carbonyl (C=O) groups excluding carboxylic acids is 2. The number of nitrogens with zero attached hydrogens (tertiary/aromatic N) is 1. The zero-order valence-corrected chi connectivity index (χ0v) is 17.9. The Bertz CT molecular complexity index is 753. The van der Waals surface area contributed by atoms with E-state index in [0.717, 1.165) is 23.3 Å². The fraction of sp³-hybridized carbons (Fsp3) is 0.364. The van der Waals surface area contributed by atoms with E-state index in [0.29, 0.717) is 23.9 Å². The summed E-state index contributed by atoms with van der Waals surface area (Å²) in [5.41, 5.74) is 2.27. The van der Waals surface area contributed by atoms with Gasteiger partial charge in [0.05, 0.1) is 5.75 Å². The maximum Gasteiger partial charge on any atom is 0.242 e. The fourth-order valence-electron chi connectivity index (χ4n) is 2.81. The Kier molecular flexibility index (Phi) is 9.38. The molecule has 0 unspecified atom stereocenters. The molecule has 0 fully saturated rings. The monoisotopic (exact) mass is 418 g/mol. The highest BCUT2D eigenvalue weighted by molar-refractivity contribution is 7.99. The number of nitrogens with one attached hydrogen (secondary N) is 1. The van der Waals surface area contributed by atoms with Gasteiger partial charge in [-0.3, -0.25) is 9.59 Å². The molecule has 150 valence electrons. The second-order valence-electron chi connectivity index (χ2n) is 6.51. The van der Waals surface area contributed by atoms with Crippen molar-refractivity contribution in [2.75, 3.05) is 18.8 Å². The smallest absolute Gasteiger partial charge is 0.242 e. The molecule has 0 bridgehead atoms. The molecule has 2 amide bonds. The molecule has 6 heteroatoms. The maximum absolute atomic E-state index is 12.9. The van der Waals surface area contributed by atoms with Gasteiger partial charge in [-0.2, -0.15) is 0 Å². The van der Waals surface area contributed by atoms with E-state index in [1.165, 1.54) is 0 Å². The lowest BCUT2D eigenvalue weighted by Crippen LogP contribution is -2.49. The number of carbonyl (C=O) groups is 2. The first-order valence-electron chi connectivity index (χ1n) is 9.44. The Morgan fingerprint density at radius 1 is 1.07 bits per heavy atom. The molecule has 0 aromatic heterocycles. The van der Waals surface area contributed by atoms with Crippen molar-refractivity contribution in [2.24, 2.45) is 0 Å². The highest BCUT2D eigenvalue weighted by Gasteiger charge is 2.25. The normalized spacial score (nSPS) is 11.7. The molecule has 1 N–H and O–H groups in total. The van der Waals surface area contributed by atoms with E-state index in [-0.39, 0.29) is 11.8 Å². The lowest BCUT2D eigenvalue weighted by atomic mass is 10.1. The first kappa shape index (κ1) is 22.3. The Balaban J connectivity index is 1.96. The van der Waals surface area contributed by atoms with Gasteiger partial charge >= 0.3 is 0 Å². The molecule has 2 rings (SSSR count). The summed E-state index contributed by atoms with van der Waals surface area (Å²) in [5.74, 6) is 0.923. The SMILES string of the molecule is CCNC(=O)[C@H](C)N(CCc1ccccc1)C(=O)CSCc1ccc(Cl)cc1. The third-order valence-corrected chi connectivity index (χ3v) is 5.65. The van der Waals surface area contributed by atoms with Crippen LogP contribution in [0.3, 0.4) is 0 Å². The Morgan fingerprint density at radius 2 is 1.75 bits per heavy atom. The predicted molar refractivity (Wildman–Crippen MR) is 118 cm³/mol. The molecular formula is C22H27ClN2O2S. The lowest BCUT2D eigenvalue weighted by molar-refractivity contribution is -0.137. The quantitative estimate of drug-likeness (QED) is 0.630. The molecule has 28 heavy (non-hydrogen) atoms. The molecule has 0 aliphatic rings. The van der Waals surface area contributed by atoms with Crippen LogP contribution in [0.2, 0.25) is 5.02 Å². The van der Waals surface area contributed by atoms with Gasteiger partial charge in [-0.05, 0) is 43.5 Å². The topological polar surface area (TPSA) is 49.4 Å². The molecule has 0 aliphatic heterocycles. The summed E-state index contributed by atoms with van der Waals surface area (Å²) >= 11 is 7.45. The Hall–Kier alpha value is -1.98. The van der Waals surface area contributed by atoms with Crippen molar-refractivity contribution in [3.8, 4) is 0 Å². The van der Waals surface area contributed by atoms with Crippen LogP contribution in [0.5, 0.6) is 0 Å². The number of likely N-dealkylation sites (N-methyl/N-ethyl adjacent to an activating group) is 1. The molecule has 0 spiro atoms. The average molecular weight is 419 g/mol. The predicted octanol–water partition coefficient (Wildman–Crippen LogP) is 4.17. The number of halogens is 1. The molecule has 0 aliphatic carbocycles. The first-order chi connectivity index (χ1) is 13.5. The number of thioether (sulfide) groups is 1. The third kappa shape index (κ3) is 7.21. The van der Waals surface area contributed by atoms with E-state index >= 15 is 0 Å². The minimum absolute atomic E-state index is 0.0198. The third-order valence-electron chi connectivity index (χ3n) is 4.41.